The molecule has 0 atom stereocenters. The number of anilines is 1. The largest absolute Gasteiger partial charge is 0.489 e. The number of carbonyl (C=O) groups is 1. The van der Waals surface area contributed by atoms with E-state index in [1.165, 1.54) is 47.0 Å². The van der Waals surface area contributed by atoms with Crippen molar-refractivity contribution in [2.75, 3.05) is 5.32 Å². The minimum Gasteiger partial charge on any atom is -0.489 e. The molecule has 0 saturated heterocycles. The van der Waals surface area contributed by atoms with Crippen LogP contribution in [0.3, 0.4) is 0 Å². The molecule has 0 fully saturated rings. The number of rotatable bonds is 6. The van der Waals surface area contributed by atoms with E-state index in [1.807, 2.05) is 0 Å². The van der Waals surface area contributed by atoms with E-state index in [9.17, 15) is 26.7 Å². The number of halogens is 5. The number of ether oxygens (including phenoxy) is 1. The van der Waals surface area contributed by atoms with Crippen molar-refractivity contribution < 1.29 is 31.5 Å². The van der Waals surface area contributed by atoms with Gasteiger partial charge >= 0.3 is 6.18 Å². The van der Waals surface area contributed by atoms with Crippen molar-refractivity contribution in [2.24, 2.45) is 0 Å². The summed E-state index contributed by atoms with van der Waals surface area (Å²) in [4.78, 5) is 13.0. The van der Waals surface area contributed by atoms with Gasteiger partial charge in [0.2, 0.25) is 0 Å². The predicted octanol–water partition coefficient (Wildman–Crippen LogP) is 7.22. The third-order valence-electron chi connectivity index (χ3n) is 5.64. The molecule has 36 heavy (non-hydrogen) atoms. The first-order chi connectivity index (χ1) is 17.1. The minimum atomic E-state index is -4.56. The van der Waals surface area contributed by atoms with Crippen LogP contribution in [0.15, 0.2) is 72.8 Å². The molecule has 0 saturated carbocycles. The molecule has 9 heteroatoms. The molecule has 3 aromatic carbocycles. The lowest BCUT2D eigenvalue weighted by Crippen LogP contribution is -2.15. The van der Waals surface area contributed by atoms with Crippen LogP contribution in [0, 0.1) is 25.5 Å². The number of aromatic nitrogens is 1. The van der Waals surface area contributed by atoms with Crippen molar-refractivity contribution in [1.82, 2.24) is 4.57 Å². The average Bonchev–Trinajstić information content (AvgIpc) is 3.13. The number of aryl methyl sites for hydroxylation is 1. The second-order valence-corrected chi connectivity index (χ2v) is 8.12. The van der Waals surface area contributed by atoms with Gasteiger partial charge in [-0.1, -0.05) is 30.3 Å². The van der Waals surface area contributed by atoms with Gasteiger partial charge in [-0.05, 0) is 50.2 Å². The van der Waals surface area contributed by atoms with Gasteiger partial charge in [0.05, 0.1) is 16.8 Å². The molecule has 4 rings (SSSR count). The van der Waals surface area contributed by atoms with Gasteiger partial charge in [0, 0.05) is 28.7 Å². The van der Waals surface area contributed by atoms with Gasteiger partial charge in [-0.2, -0.15) is 13.2 Å². The molecule has 186 valence electrons. The molecule has 4 aromatic rings. The van der Waals surface area contributed by atoms with Gasteiger partial charge in [-0.15, -0.1) is 0 Å². The van der Waals surface area contributed by atoms with Crippen LogP contribution in [-0.4, -0.2) is 10.5 Å². The molecule has 4 nitrogen and oxygen atoms in total. The summed E-state index contributed by atoms with van der Waals surface area (Å²) < 4.78 is 74.8. The normalized spacial score (nSPS) is 11.4. The van der Waals surface area contributed by atoms with E-state index >= 15 is 0 Å². The Labute approximate surface area is 203 Å². The van der Waals surface area contributed by atoms with E-state index in [0.29, 0.717) is 22.8 Å². The number of hydrogen-bond acceptors (Lipinski definition) is 2. The van der Waals surface area contributed by atoms with Gasteiger partial charge in [0.1, 0.15) is 12.4 Å². The molecule has 1 amide bonds. The van der Waals surface area contributed by atoms with Crippen molar-refractivity contribution in [3.05, 3.63) is 113 Å². The SMILES string of the molecule is Cc1cc(C(=O)Nc2cccc(OCc3cccc(F)c3F)c2)c(C)n1-c1ccccc1C(F)(F)F. The number of nitrogens with one attached hydrogen (secondary N) is 1. The van der Waals surface area contributed by atoms with Crippen LogP contribution in [0.5, 0.6) is 5.75 Å². The van der Waals surface area contributed by atoms with Gasteiger partial charge < -0.3 is 14.6 Å². The van der Waals surface area contributed by atoms with Crippen molar-refractivity contribution in [3.63, 3.8) is 0 Å². The minimum absolute atomic E-state index is 0.0380. The molecule has 1 aromatic heterocycles. The molecule has 0 aliphatic heterocycles. The maximum Gasteiger partial charge on any atom is 0.418 e. The van der Waals surface area contributed by atoms with E-state index in [0.717, 1.165) is 12.1 Å². The van der Waals surface area contributed by atoms with Crippen LogP contribution in [0.4, 0.5) is 27.6 Å². The number of amides is 1. The van der Waals surface area contributed by atoms with Gasteiger partial charge in [0.25, 0.3) is 5.91 Å². The monoisotopic (exact) mass is 500 g/mol. The van der Waals surface area contributed by atoms with Crippen LogP contribution in [0.2, 0.25) is 0 Å². The van der Waals surface area contributed by atoms with Crippen molar-refractivity contribution in [3.8, 4) is 11.4 Å². The van der Waals surface area contributed by atoms with Gasteiger partial charge in [-0.25, -0.2) is 8.78 Å². The van der Waals surface area contributed by atoms with E-state index in [-0.39, 0.29) is 23.4 Å². The second-order valence-electron chi connectivity index (χ2n) is 8.12. The topological polar surface area (TPSA) is 43.3 Å². The average molecular weight is 500 g/mol. The highest BCUT2D eigenvalue weighted by atomic mass is 19.4. The maximum absolute atomic E-state index is 13.9. The number of benzene rings is 3. The van der Waals surface area contributed by atoms with Crippen molar-refractivity contribution >= 4 is 11.6 Å². The van der Waals surface area contributed by atoms with Gasteiger partial charge in [-0.3, -0.25) is 4.79 Å². The standard InChI is InChI=1S/C27H21F5N2O2/c1-16-13-21(17(2)34(16)24-12-4-3-10-22(24)27(30,31)32)26(35)33-19-8-6-9-20(14-19)36-15-18-7-5-11-23(28)25(18)29/h3-14H,15H2,1-2H3,(H,33,35). The zero-order chi connectivity index (χ0) is 26.0. The number of hydrogen-bond donors (Lipinski definition) is 1. The Morgan fingerprint density at radius 1 is 0.944 bits per heavy atom. The molecular weight excluding hydrogens is 479 g/mol. The van der Waals surface area contributed by atoms with Crippen LogP contribution in [0.1, 0.15) is 32.9 Å². The highest BCUT2D eigenvalue weighted by Crippen LogP contribution is 2.35. The molecule has 1 N–H and O–H groups in total. The molecule has 0 aliphatic carbocycles. The zero-order valence-electron chi connectivity index (χ0n) is 19.3. The highest BCUT2D eigenvalue weighted by molar-refractivity contribution is 6.05. The summed E-state index contributed by atoms with van der Waals surface area (Å²) in [6.45, 7) is 2.97. The molecular formula is C27H21F5N2O2. The molecule has 0 radical (unpaired) electrons. The lowest BCUT2D eigenvalue weighted by Gasteiger charge is -2.17. The van der Waals surface area contributed by atoms with Crippen LogP contribution >= 0.6 is 0 Å². The smallest absolute Gasteiger partial charge is 0.418 e. The van der Waals surface area contributed by atoms with Crippen molar-refractivity contribution in [2.45, 2.75) is 26.6 Å². The third-order valence-corrected chi connectivity index (χ3v) is 5.64. The number of nitrogens with zero attached hydrogens (tertiary/aromatic N) is 1. The second kappa shape index (κ2) is 9.85. The molecule has 0 bridgehead atoms. The molecule has 1 heterocycles. The fourth-order valence-electron chi connectivity index (χ4n) is 3.95. The fraction of sp³-hybridized carbons (Fsp3) is 0.148. The third kappa shape index (κ3) is 5.10. The summed E-state index contributed by atoms with van der Waals surface area (Å²) in [5.74, 6) is -2.19. The molecule has 0 unspecified atom stereocenters. The Bertz CT molecular complexity index is 1430. The Morgan fingerprint density at radius 2 is 1.67 bits per heavy atom. The summed E-state index contributed by atoms with van der Waals surface area (Å²) in [6, 6.07) is 16.8. The summed E-state index contributed by atoms with van der Waals surface area (Å²) in [5.41, 5.74) is 0.531. The maximum atomic E-state index is 13.9. The summed E-state index contributed by atoms with van der Waals surface area (Å²) in [5, 5.41) is 2.71. The van der Waals surface area contributed by atoms with E-state index in [2.05, 4.69) is 5.32 Å². The first-order valence-corrected chi connectivity index (χ1v) is 10.9. The van der Waals surface area contributed by atoms with E-state index in [4.69, 9.17) is 4.74 Å². The van der Waals surface area contributed by atoms with E-state index in [1.54, 1.807) is 32.0 Å². The predicted molar refractivity (Wildman–Crippen MR) is 125 cm³/mol. The lowest BCUT2D eigenvalue weighted by molar-refractivity contribution is -0.137. The number of para-hydroxylation sites is 1. The van der Waals surface area contributed by atoms with Crippen LogP contribution in [-0.2, 0) is 12.8 Å². The first-order valence-electron chi connectivity index (χ1n) is 10.9. The Kier molecular flexibility index (Phi) is 6.83. The van der Waals surface area contributed by atoms with E-state index < -0.39 is 29.3 Å². The molecule has 0 aliphatic rings. The summed E-state index contributed by atoms with van der Waals surface area (Å²) in [6.07, 6.45) is -4.56. The number of alkyl halides is 3. The van der Waals surface area contributed by atoms with Crippen LogP contribution < -0.4 is 10.1 Å². The lowest BCUT2D eigenvalue weighted by atomic mass is 10.1. The Morgan fingerprint density at radius 3 is 2.42 bits per heavy atom. The first kappa shape index (κ1) is 25.0. The fourth-order valence-corrected chi connectivity index (χ4v) is 3.95. The van der Waals surface area contributed by atoms with Gasteiger partial charge in [0.15, 0.2) is 11.6 Å². The zero-order valence-corrected chi connectivity index (χ0v) is 19.3. The highest BCUT2D eigenvalue weighted by Gasteiger charge is 2.34. The van der Waals surface area contributed by atoms with Crippen molar-refractivity contribution in [1.29, 1.82) is 0 Å². The van der Waals surface area contributed by atoms with Crippen LogP contribution in [0.25, 0.3) is 5.69 Å². The quantitative estimate of drug-likeness (QED) is 0.284. The summed E-state index contributed by atoms with van der Waals surface area (Å²) in [7, 11) is 0. The summed E-state index contributed by atoms with van der Waals surface area (Å²) >= 11 is 0. The Balaban J connectivity index is 1.55. The Hall–Kier alpha value is -4.14. The molecule has 0 spiro atoms. The number of carbonyl (C=O) groups excluding carboxylic acids is 1.